The third-order valence-electron chi connectivity index (χ3n) is 4.99. The van der Waals surface area contributed by atoms with Gasteiger partial charge in [-0.1, -0.05) is 73.8 Å². The molecule has 0 amide bonds. The topological polar surface area (TPSA) is 43.6 Å². The number of hydrogen-bond acceptors (Lipinski definition) is 4. The SMILES string of the molecule is FC(F)(F)c1cc(-c2cccs2)nc(-n2nc(-c3cccc(Br)c3)c(Cl)c2-c2cccc(Br)c2)n1. The highest BCUT2D eigenvalue weighted by molar-refractivity contribution is 9.10. The fourth-order valence-electron chi connectivity index (χ4n) is 3.47. The van der Waals surface area contributed by atoms with E-state index in [9.17, 15) is 13.2 Å². The van der Waals surface area contributed by atoms with Crippen molar-refractivity contribution >= 4 is 54.8 Å². The molecule has 176 valence electrons. The Balaban J connectivity index is 1.81. The van der Waals surface area contributed by atoms with Crippen LogP contribution in [-0.4, -0.2) is 19.7 Å². The van der Waals surface area contributed by atoms with Crippen LogP contribution in [0.4, 0.5) is 13.2 Å². The lowest BCUT2D eigenvalue weighted by Crippen LogP contribution is -2.14. The third kappa shape index (κ3) is 4.93. The molecule has 35 heavy (non-hydrogen) atoms. The summed E-state index contributed by atoms with van der Waals surface area (Å²) in [5.74, 6) is -0.235. The van der Waals surface area contributed by atoms with E-state index >= 15 is 0 Å². The Bertz CT molecular complexity index is 1530. The molecule has 4 nitrogen and oxygen atoms in total. The molecule has 0 saturated carbocycles. The molecule has 5 rings (SSSR count). The molecule has 3 heterocycles. The minimum atomic E-state index is -4.68. The van der Waals surface area contributed by atoms with Gasteiger partial charge in [0.2, 0.25) is 0 Å². The van der Waals surface area contributed by atoms with Gasteiger partial charge in [-0.3, -0.25) is 0 Å². The second kappa shape index (κ2) is 9.50. The fraction of sp³-hybridized carbons (Fsp3) is 0.0417. The predicted octanol–water partition coefficient (Wildman–Crippen LogP) is 8.92. The molecule has 0 saturated heterocycles. The van der Waals surface area contributed by atoms with E-state index in [2.05, 4.69) is 46.9 Å². The summed E-state index contributed by atoms with van der Waals surface area (Å²) < 4.78 is 44.3. The molecule has 0 N–H and O–H groups in total. The van der Waals surface area contributed by atoms with Crippen molar-refractivity contribution in [2.24, 2.45) is 0 Å². The number of alkyl halides is 3. The number of rotatable bonds is 4. The number of aromatic nitrogens is 4. The summed E-state index contributed by atoms with van der Waals surface area (Å²) in [5.41, 5.74) is 1.16. The molecule has 0 bridgehead atoms. The smallest absolute Gasteiger partial charge is 0.210 e. The summed E-state index contributed by atoms with van der Waals surface area (Å²) in [6, 6.07) is 18.9. The molecule has 3 aromatic heterocycles. The molecular weight excluding hydrogens is 629 g/mol. The zero-order valence-electron chi connectivity index (χ0n) is 17.4. The van der Waals surface area contributed by atoms with E-state index in [1.807, 2.05) is 30.3 Å². The average molecular weight is 641 g/mol. The molecule has 0 aliphatic carbocycles. The lowest BCUT2D eigenvalue weighted by Gasteiger charge is -2.12. The highest BCUT2D eigenvalue weighted by Crippen LogP contribution is 2.40. The summed E-state index contributed by atoms with van der Waals surface area (Å²) in [4.78, 5) is 8.88. The van der Waals surface area contributed by atoms with E-state index in [0.29, 0.717) is 27.4 Å². The van der Waals surface area contributed by atoms with E-state index < -0.39 is 11.9 Å². The fourth-order valence-corrected chi connectivity index (χ4v) is 5.29. The summed E-state index contributed by atoms with van der Waals surface area (Å²) in [7, 11) is 0. The lowest BCUT2D eigenvalue weighted by atomic mass is 10.1. The first-order valence-corrected chi connectivity index (χ1v) is 12.9. The number of benzene rings is 2. The molecule has 11 heteroatoms. The number of thiophene rings is 1. The molecule has 0 fully saturated rings. The Morgan fingerprint density at radius 3 is 2.17 bits per heavy atom. The van der Waals surface area contributed by atoms with E-state index in [1.54, 1.807) is 35.7 Å². The van der Waals surface area contributed by atoms with Crippen LogP contribution in [0.2, 0.25) is 5.02 Å². The maximum atomic E-state index is 13.8. The van der Waals surface area contributed by atoms with Gasteiger partial charge in [0.05, 0.1) is 21.3 Å². The van der Waals surface area contributed by atoms with Gasteiger partial charge in [-0.25, -0.2) is 9.97 Å². The van der Waals surface area contributed by atoms with Crippen LogP contribution in [0.15, 0.2) is 81.1 Å². The largest absolute Gasteiger partial charge is 0.433 e. The van der Waals surface area contributed by atoms with E-state index in [-0.39, 0.29) is 16.7 Å². The standard InChI is InChI=1S/C24H12Br2ClF3N4S/c25-15-6-1-4-13(10-15)21-20(27)22(14-5-2-7-16(26)11-14)34(33-21)23-31-17(18-8-3-9-35-18)12-19(32-23)24(28,29)30/h1-12H. The summed E-state index contributed by atoms with van der Waals surface area (Å²) in [5, 5.41) is 6.64. The maximum absolute atomic E-state index is 13.8. The quantitative estimate of drug-likeness (QED) is 0.197. The van der Waals surface area contributed by atoms with Gasteiger partial charge in [-0.05, 0) is 41.8 Å². The zero-order valence-corrected chi connectivity index (χ0v) is 22.1. The summed E-state index contributed by atoms with van der Waals surface area (Å²) in [6.07, 6.45) is -4.68. The Kier molecular flexibility index (Phi) is 6.56. The minimum Gasteiger partial charge on any atom is -0.210 e. The van der Waals surface area contributed by atoms with Crippen molar-refractivity contribution in [3.05, 3.63) is 91.8 Å². The first kappa shape index (κ1) is 24.2. The van der Waals surface area contributed by atoms with Gasteiger partial charge < -0.3 is 0 Å². The van der Waals surface area contributed by atoms with Gasteiger partial charge >= 0.3 is 6.18 Å². The molecular formula is C24H12Br2ClF3N4S. The van der Waals surface area contributed by atoms with E-state index in [0.717, 1.165) is 15.0 Å². The number of halogens is 6. The van der Waals surface area contributed by atoms with E-state index in [1.165, 1.54) is 16.0 Å². The molecule has 0 atom stereocenters. The normalized spacial score (nSPS) is 11.7. The van der Waals surface area contributed by atoms with Crippen LogP contribution in [0, 0.1) is 0 Å². The van der Waals surface area contributed by atoms with Gasteiger partial charge in [0, 0.05) is 20.1 Å². The van der Waals surface area contributed by atoms with Crippen molar-refractivity contribution in [1.82, 2.24) is 19.7 Å². The molecule has 0 unspecified atom stereocenters. The van der Waals surface area contributed by atoms with Gasteiger partial charge in [-0.2, -0.15) is 23.0 Å². The maximum Gasteiger partial charge on any atom is 0.433 e. The summed E-state index contributed by atoms with van der Waals surface area (Å²) in [6.45, 7) is 0. The van der Waals surface area contributed by atoms with Crippen molar-refractivity contribution in [2.75, 3.05) is 0 Å². The van der Waals surface area contributed by atoms with Crippen molar-refractivity contribution in [2.45, 2.75) is 6.18 Å². The zero-order chi connectivity index (χ0) is 24.7. The van der Waals surface area contributed by atoms with Crippen molar-refractivity contribution in [3.63, 3.8) is 0 Å². The number of nitrogens with zero attached hydrogens (tertiary/aromatic N) is 4. The molecule has 0 aliphatic rings. The van der Waals surface area contributed by atoms with E-state index in [4.69, 9.17) is 11.6 Å². The molecule has 2 aromatic carbocycles. The predicted molar refractivity (Wildman–Crippen MR) is 139 cm³/mol. The highest BCUT2D eigenvalue weighted by Gasteiger charge is 2.35. The first-order chi connectivity index (χ1) is 16.7. The monoisotopic (exact) mass is 638 g/mol. The summed E-state index contributed by atoms with van der Waals surface area (Å²) >= 11 is 15.0. The first-order valence-electron chi connectivity index (χ1n) is 10.0. The van der Waals surface area contributed by atoms with Gasteiger partial charge in [-0.15, -0.1) is 11.3 Å². The van der Waals surface area contributed by atoms with Crippen LogP contribution in [0.5, 0.6) is 0 Å². The van der Waals surface area contributed by atoms with Crippen LogP contribution in [0.25, 0.3) is 39.0 Å². The molecule has 0 aliphatic heterocycles. The van der Waals surface area contributed by atoms with Crippen LogP contribution >= 0.6 is 54.8 Å². The van der Waals surface area contributed by atoms with Crippen LogP contribution in [0.1, 0.15) is 5.69 Å². The molecule has 5 aromatic rings. The Morgan fingerprint density at radius 2 is 1.54 bits per heavy atom. The highest BCUT2D eigenvalue weighted by atomic mass is 79.9. The Morgan fingerprint density at radius 1 is 0.857 bits per heavy atom. The average Bonchev–Trinajstić information content (AvgIpc) is 3.47. The minimum absolute atomic E-state index is 0.146. The second-order valence-electron chi connectivity index (χ2n) is 7.36. The van der Waals surface area contributed by atoms with Gasteiger partial charge in [0.15, 0.2) is 5.69 Å². The van der Waals surface area contributed by atoms with Gasteiger partial charge in [0.1, 0.15) is 5.69 Å². The Labute approximate surface area is 223 Å². The third-order valence-corrected chi connectivity index (χ3v) is 7.23. The van der Waals surface area contributed by atoms with Crippen molar-refractivity contribution in [3.8, 4) is 39.0 Å². The molecule has 0 spiro atoms. The van der Waals surface area contributed by atoms with Gasteiger partial charge in [0.25, 0.3) is 5.95 Å². The lowest BCUT2D eigenvalue weighted by molar-refractivity contribution is -0.141. The molecule has 0 radical (unpaired) electrons. The van der Waals surface area contributed by atoms with Crippen molar-refractivity contribution < 1.29 is 13.2 Å². The van der Waals surface area contributed by atoms with Crippen molar-refractivity contribution in [1.29, 1.82) is 0 Å². The Hall–Kier alpha value is -2.53. The van der Waals surface area contributed by atoms with Crippen LogP contribution in [0.3, 0.4) is 0 Å². The van der Waals surface area contributed by atoms with Crippen LogP contribution in [-0.2, 0) is 6.18 Å². The second-order valence-corrected chi connectivity index (χ2v) is 10.5. The number of hydrogen-bond donors (Lipinski definition) is 0. The van der Waals surface area contributed by atoms with Crippen LogP contribution < -0.4 is 0 Å².